The van der Waals surface area contributed by atoms with Crippen LogP contribution in [-0.4, -0.2) is 40.0 Å². The summed E-state index contributed by atoms with van der Waals surface area (Å²) in [5, 5.41) is 8.51. The van der Waals surface area contributed by atoms with Crippen molar-refractivity contribution in [1.82, 2.24) is 9.88 Å². The van der Waals surface area contributed by atoms with Crippen LogP contribution in [0, 0.1) is 0 Å². The van der Waals surface area contributed by atoms with E-state index < -0.39 is 12.0 Å². The molecular weight excluding hydrogens is 210 g/mol. The molecule has 0 spiro atoms. The summed E-state index contributed by atoms with van der Waals surface area (Å²) in [6.07, 6.45) is 1.40. The number of hydrogen-bond donors (Lipinski definition) is 3. The van der Waals surface area contributed by atoms with Crippen molar-refractivity contribution in [3.8, 4) is 0 Å². The van der Waals surface area contributed by atoms with Crippen molar-refractivity contribution in [3.63, 3.8) is 0 Å². The van der Waals surface area contributed by atoms with Crippen LogP contribution in [0.3, 0.4) is 0 Å². The molecule has 0 aliphatic heterocycles. The summed E-state index contributed by atoms with van der Waals surface area (Å²) >= 11 is 0. The van der Waals surface area contributed by atoms with Crippen LogP contribution >= 0.6 is 0 Å². The van der Waals surface area contributed by atoms with Gasteiger partial charge in [0.15, 0.2) is 0 Å². The molecule has 0 aliphatic rings. The summed E-state index contributed by atoms with van der Waals surface area (Å²) in [5.41, 5.74) is 6.34. The number of carbonyl (C=O) groups excluding carboxylic acids is 1. The zero-order valence-electron chi connectivity index (χ0n) is 9.01. The zero-order valence-corrected chi connectivity index (χ0v) is 9.01. The second-order valence-electron chi connectivity index (χ2n) is 3.59. The van der Waals surface area contributed by atoms with Crippen molar-refractivity contribution < 1.29 is 14.7 Å². The molecule has 1 amide bonds. The number of aromatic nitrogens is 1. The van der Waals surface area contributed by atoms with Gasteiger partial charge in [-0.15, -0.1) is 0 Å². The third kappa shape index (κ3) is 3.39. The van der Waals surface area contributed by atoms with Crippen LogP contribution in [0.5, 0.6) is 0 Å². The van der Waals surface area contributed by atoms with Gasteiger partial charge >= 0.3 is 5.97 Å². The van der Waals surface area contributed by atoms with Gasteiger partial charge in [-0.2, -0.15) is 0 Å². The van der Waals surface area contributed by atoms with E-state index in [1.165, 1.54) is 4.90 Å². The van der Waals surface area contributed by atoms with E-state index in [2.05, 4.69) is 4.98 Å². The van der Waals surface area contributed by atoms with E-state index in [0.29, 0.717) is 6.54 Å². The Balaban J connectivity index is 2.50. The van der Waals surface area contributed by atoms with Crippen molar-refractivity contribution in [2.45, 2.75) is 19.0 Å². The van der Waals surface area contributed by atoms with Gasteiger partial charge in [0.2, 0.25) is 5.91 Å². The van der Waals surface area contributed by atoms with Gasteiger partial charge in [-0.3, -0.25) is 9.59 Å². The first kappa shape index (κ1) is 12.3. The van der Waals surface area contributed by atoms with Crippen LogP contribution in [0.2, 0.25) is 0 Å². The Bertz CT molecular complexity index is 361. The van der Waals surface area contributed by atoms with Gasteiger partial charge in [0, 0.05) is 18.9 Å². The molecule has 0 aromatic carbocycles. The molecular formula is C10H15N3O3. The highest BCUT2D eigenvalue weighted by Gasteiger charge is 2.20. The quantitative estimate of drug-likeness (QED) is 0.644. The van der Waals surface area contributed by atoms with Crippen LogP contribution in [-0.2, 0) is 16.1 Å². The van der Waals surface area contributed by atoms with E-state index in [4.69, 9.17) is 10.8 Å². The number of carbonyl (C=O) groups is 2. The van der Waals surface area contributed by atoms with Crippen LogP contribution in [0.1, 0.15) is 12.1 Å². The second-order valence-corrected chi connectivity index (χ2v) is 3.59. The maximum atomic E-state index is 11.6. The minimum Gasteiger partial charge on any atom is -0.481 e. The minimum absolute atomic E-state index is 0.353. The third-order valence-electron chi connectivity index (χ3n) is 2.16. The molecule has 0 bridgehead atoms. The lowest BCUT2D eigenvalue weighted by Crippen LogP contribution is -2.42. The van der Waals surface area contributed by atoms with Crippen LogP contribution in [0.4, 0.5) is 0 Å². The van der Waals surface area contributed by atoms with E-state index in [0.717, 1.165) is 5.69 Å². The van der Waals surface area contributed by atoms with Crippen molar-refractivity contribution in [3.05, 3.63) is 24.0 Å². The lowest BCUT2D eigenvalue weighted by molar-refractivity contribution is -0.141. The predicted molar refractivity (Wildman–Crippen MR) is 57.5 cm³/mol. The molecule has 6 heteroatoms. The number of amides is 1. The summed E-state index contributed by atoms with van der Waals surface area (Å²) < 4.78 is 0. The normalized spacial score (nSPS) is 12.1. The van der Waals surface area contributed by atoms with Gasteiger partial charge in [-0.05, 0) is 12.1 Å². The minimum atomic E-state index is -1.07. The van der Waals surface area contributed by atoms with Crippen molar-refractivity contribution in [1.29, 1.82) is 0 Å². The molecule has 88 valence electrons. The van der Waals surface area contributed by atoms with E-state index in [1.807, 2.05) is 12.1 Å². The van der Waals surface area contributed by atoms with E-state index in [9.17, 15) is 9.59 Å². The Morgan fingerprint density at radius 1 is 1.62 bits per heavy atom. The fourth-order valence-electron chi connectivity index (χ4n) is 1.36. The van der Waals surface area contributed by atoms with Crippen LogP contribution in [0.15, 0.2) is 18.3 Å². The molecule has 1 aromatic rings. The summed E-state index contributed by atoms with van der Waals surface area (Å²) in [5.74, 6) is -1.45. The Morgan fingerprint density at radius 3 is 2.81 bits per heavy atom. The largest absolute Gasteiger partial charge is 0.481 e. The number of hydrogen-bond acceptors (Lipinski definition) is 3. The fourth-order valence-corrected chi connectivity index (χ4v) is 1.36. The van der Waals surface area contributed by atoms with Gasteiger partial charge in [-0.1, -0.05) is 0 Å². The highest BCUT2D eigenvalue weighted by Crippen LogP contribution is 2.02. The smallest absolute Gasteiger partial charge is 0.305 e. The van der Waals surface area contributed by atoms with E-state index in [1.54, 1.807) is 13.2 Å². The number of nitrogens with two attached hydrogens (primary N) is 1. The molecule has 1 aromatic heterocycles. The summed E-state index contributed by atoms with van der Waals surface area (Å²) in [6, 6.07) is 2.68. The van der Waals surface area contributed by atoms with Crippen molar-refractivity contribution >= 4 is 11.9 Å². The standard InChI is InChI=1S/C10H15N3O3/c1-13(6-7-3-2-4-12-7)10(16)8(11)5-9(14)15/h2-4,8,12H,5-6,11H2,1H3,(H,14,15). The highest BCUT2D eigenvalue weighted by atomic mass is 16.4. The van der Waals surface area contributed by atoms with Crippen LogP contribution < -0.4 is 5.73 Å². The van der Waals surface area contributed by atoms with Gasteiger partial charge in [0.1, 0.15) is 0 Å². The van der Waals surface area contributed by atoms with E-state index in [-0.39, 0.29) is 12.3 Å². The molecule has 1 unspecified atom stereocenters. The third-order valence-corrected chi connectivity index (χ3v) is 2.16. The second kappa shape index (κ2) is 5.32. The average molecular weight is 225 g/mol. The Morgan fingerprint density at radius 2 is 2.31 bits per heavy atom. The first-order valence-corrected chi connectivity index (χ1v) is 4.85. The molecule has 1 heterocycles. The van der Waals surface area contributed by atoms with Gasteiger partial charge in [-0.25, -0.2) is 0 Å². The number of H-pyrrole nitrogens is 1. The first-order chi connectivity index (χ1) is 7.50. The first-order valence-electron chi connectivity index (χ1n) is 4.85. The molecule has 1 rings (SSSR count). The maximum Gasteiger partial charge on any atom is 0.305 e. The average Bonchev–Trinajstić information content (AvgIpc) is 2.68. The molecule has 0 fully saturated rings. The summed E-state index contributed by atoms with van der Waals surface area (Å²) in [6.45, 7) is 0.388. The SMILES string of the molecule is CN(Cc1ccc[nH]1)C(=O)C(N)CC(=O)O. The number of likely N-dealkylation sites (N-methyl/N-ethyl adjacent to an activating group) is 1. The molecule has 0 saturated carbocycles. The number of aromatic amines is 1. The molecule has 0 aliphatic carbocycles. The Labute approximate surface area is 93.0 Å². The fraction of sp³-hybridized carbons (Fsp3) is 0.400. The van der Waals surface area contributed by atoms with Crippen molar-refractivity contribution in [2.75, 3.05) is 7.05 Å². The van der Waals surface area contributed by atoms with Crippen molar-refractivity contribution in [2.24, 2.45) is 5.73 Å². The highest BCUT2D eigenvalue weighted by molar-refractivity contribution is 5.85. The molecule has 4 N–H and O–H groups in total. The number of carboxylic acids is 1. The number of nitrogens with one attached hydrogen (secondary N) is 1. The number of aliphatic carboxylic acids is 1. The lowest BCUT2D eigenvalue weighted by Gasteiger charge is -2.19. The topological polar surface area (TPSA) is 99.4 Å². The summed E-state index contributed by atoms with van der Waals surface area (Å²) in [4.78, 5) is 26.4. The molecule has 1 atom stereocenters. The van der Waals surface area contributed by atoms with Gasteiger partial charge < -0.3 is 20.7 Å². The number of rotatable bonds is 5. The number of nitrogens with zero attached hydrogens (tertiary/aromatic N) is 1. The summed E-state index contributed by atoms with van der Waals surface area (Å²) in [7, 11) is 1.59. The zero-order chi connectivity index (χ0) is 12.1. The van der Waals surface area contributed by atoms with E-state index >= 15 is 0 Å². The Hall–Kier alpha value is -1.82. The lowest BCUT2D eigenvalue weighted by atomic mass is 10.2. The molecule has 0 saturated heterocycles. The maximum absolute atomic E-state index is 11.6. The Kier molecular flexibility index (Phi) is 4.07. The van der Waals surface area contributed by atoms with Crippen LogP contribution in [0.25, 0.3) is 0 Å². The molecule has 16 heavy (non-hydrogen) atoms. The predicted octanol–water partition coefficient (Wildman–Crippen LogP) is -0.225. The number of carboxylic acid groups (broad SMARTS) is 1. The van der Waals surface area contributed by atoms with Gasteiger partial charge in [0.25, 0.3) is 0 Å². The van der Waals surface area contributed by atoms with Gasteiger partial charge in [0.05, 0.1) is 19.0 Å². The molecule has 0 radical (unpaired) electrons. The molecule has 6 nitrogen and oxygen atoms in total. The monoisotopic (exact) mass is 225 g/mol.